The molecule has 4 heteroatoms. The highest BCUT2D eigenvalue weighted by atomic mass is 32.2. The molecular formula is C23H30N2OS. The van der Waals surface area contributed by atoms with Crippen LogP contribution in [0.5, 0.6) is 0 Å². The number of piperidine rings is 1. The third-order valence-electron chi connectivity index (χ3n) is 5.39. The quantitative estimate of drug-likeness (QED) is 0.756. The van der Waals surface area contributed by atoms with Gasteiger partial charge in [0, 0.05) is 35.3 Å². The first kappa shape index (κ1) is 20.0. The Labute approximate surface area is 167 Å². The van der Waals surface area contributed by atoms with Crippen molar-refractivity contribution in [2.45, 2.75) is 50.3 Å². The third-order valence-corrected chi connectivity index (χ3v) is 6.63. The van der Waals surface area contributed by atoms with Gasteiger partial charge in [0.05, 0.1) is 0 Å². The molecule has 1 aliphatic heterocycles. The van der Waals surface area contributed by atoms with E-state index in [1.807, 2.05) is 41.8 Å². The molecule has 0 radical (unpaired) electrons. The van der Waals surface area contributed by atoms with Crippen molar-refractivity contribution in [1.82, 2.24) is 4.90 Å². The molecule has 0 aromatic heterocycles. The highest BCUT2D eigenvalue weighted by Crippen LogP contribution is 2.27. The lowest BCUT2D eigenvalue weighted by Gasteiger charge is -2.34. The van der Waals surface area contributed by atoms with Gasteiger partial charge in [-0.05, 0) is 68.9 Å². The summed E-state index contributed by atoms with van der Waals surface area (Å²) in [5.74, 6) is 1.41. The van der Waals surface area contributed by atoms with E-state index in [-0.39, 0.29) is 11.9 Å². The monoisotopic (exact) mass is 382 g/mol. The van der Waals surface area contributed by atoms with Gasteiger partial charge in [0.1, 0.15) is 0 Å². The van der Waals surface area contributed by atoms with Crippen molar-refractivity contribution in [1.29, 1.82) is 0 Å². The maximum absolute atomic E-state index is 13.0. The summed E-state index contributed by atoms with van der Waals surface area (Å²) < 4.78 is 0. The predicted octanol–water partition coefficient (Wildman–Crippen LogP) is 4.80. The van der Waals surface area contributed by atoms with E-state index in [4.69, 9.17) is 5.73 Å². The van der Waals surface area contributed by atoms with Gasteiger partial charge in [-0.1, -0.05) is 29.8 Å². The number of rotatable bonds is 5. The van der Waals surface area contributed by atoms with Crippen molar-refractivity contribution >= 4 is 17.7 Å². The molecule has 3 nitrogen and oxygen atoms in total. The molecule has 1 amide bonds. The van der Waals surface area contributed by atoms with Crippen molar-refractivity contribution in [3.05, 3.63) is 64.7 Å². The second-order valence-corrected chi connectivity index (χ2v) is 8.79. The molecule has 2 atom stereocenters. The SMILES string of the molecule is Cc1ccc(SCc2cccc(C(=O)N3CCCC(C(C)N)C3)c2)c(C)c1. The zero-order valence-electron chi connectivity index (χ0n) is 16.6. The molecule has 2 N–H and O–H groups in total. The van der Waals surface area contributed by atoms with Gasteiger partial charge in [0.25, 0.3) is 5.91 Å². The minimum absolute atomic E-state index is 0.138. The number of thioether (sulfide) groups is 1. The molecule has 0 saturated carbocycles. The van der Waals surface area contributed by atoms with Crippen molar-refractivity contribution < 1.29 is 4.79 Å². The van der Waals surface area contributed by atoms with E-state index in [0.29, 0.717) is 5.92 Å². The van der Waals surface area contributed by atoms with Crippen molar-refractivity contribution in [3.63, 3.8) is 0 Å². The van der Waals surface area contributed by atoms with Gasteiger partial charge in [-0.25, -0.2) is 0 Å². The Kier molecular flexibility index (Phi) is 6.61. The van der Waals surface area contributed by atoms with Crippen molar-refractivity contribution in [2.24, 2.45) is 11.7 Å². The van der Waals surface area contributed by atoms with Crippen LogP contribution in [-0.2, 0) is 5.75 Å². The van der Waals surface area contributed by atoms with Crippen molar-refractivity contribution in [2.75, 3.05) is 13.1 Å². The summed E-state index contributed by atoms with van der Waals surface area (Å²) in [5.41, 5.74) is 10.6. The summed E-state index contributed by atoms with van der Waals surface area (Å²) >= 11 is 1.83. The number of benzene rings is 2. The van der Waals surface area contributed by atoms with E-state index < -0.39 is 0 Å². The lowest BCUT2D eigenvalue weighted by atomic mass is 9.92. The first-order valence-corrected chi connectivity index (χ1v) is 10.8. The zero-order valence-corrected chi connectivity index (χ0v) is 17.4. The smallest absolute Gasteiger partial charge is 0.253 e. The molecule has 1 aliphatic rings. The van der Waals surface area contributed by atoms with Crippen LogP contribution in [0.4, 0.5) is 0 Å². The van der Waals surface area contributed by atoms with Crippen LogP contribution < -0.4 is 5.73 Å². The summed E-state index contributed by atoms with van der Waals surface area (Å²) in [6, 6.07) is 14.8. The number of aryl methyl sites for hydroxylation is 2. The van der Waals surface area contributed by atoms with Crippen LogP contribution in [0.1, 0.15) is 46.8 Å². The summed E-state index contributed by atoms with van der Waals surface area (Å²) in [5, 5.41) is 0. The van der Waals surface area contributed by atoms with Crippen LogP contribution in [0.2, 0.25) is 0 Å². The lowest BCUT2D eigenvalue weighted by Crippen LogP contribution is -2.45. The molecule has 0 spiro atoms. The van der Waals surface area contributed by atoms with Gasteiger partial charge in [-0.15, -0.1) is 11.8 Å². The van der Waals surface area contributed by atoms with Gasteiger partial charge >= 0.3 is 0 Å². The topological polar surface area (TPSA) is 46.3 Å². The Morgan fingerprint density at radius 2 is 2.07 bits per heavy atom. The maximum atomic E-state index is 13.0. The zero-order chi connectivity index (χ0) is 19.4. The summed E-state index contributed by atoms with van der Waals surface area (Å²) in [4.78, 5) is 16.2. The van der Waals surface area contributed by atoms with Gasteiger partial charge in [0.2, 0.25) is 0 Å². The summed E-state index contributed by atoms with van der Waals surface area (Å²) in [6.45, 7) is 7.93. The largest absolute Gasteiger partial charge is 0.338 e. The number of carbonyl (C=O) groups is 1. The van der Waals surface area contributed by atoms with Crippen molar-refractivity contribution in [3.8, 4) is 0 Å². The molecular weight excluding hydrogens is 352 g/mol. The number of likely N-dealkylation sites (tertiary alicyclic amines) is 1. The minimum atomic E-state index is 0.138. The van der Waals surface area contributed by atoms with Gasteiger partial charge in [0.15, 0.2) is 0 Å². The van der Waals surface area contributed by atoms with E-state index in [1.54, 1.807) is 0 Å². The maximum Gasteiger partial charge on any atom is 0.253 e. The predicted molar refractivity (Wildman–Crippen MR) is 114 cm³/mol. The lowest BCUT2D eigenvalue weighted by molar-refractivity contribution is 0.0661. The average Bonchev–Trinajstić information content (AvgIpc) is 2.67. The summed E-state index contributed by atoms with van der Waals surface area (Å²) in [6.07, 6.45) is 2.16. The van der Waals surface area contributed by atoms with Crippen LogP contribution in [0.15, 0.2) is 47.4 Å². The Hall–Kier alpha value is -1.78. The Morgan fingerprint density at radius 1 is 1.26 bits per heavy atom. The Morgan fingerprint density at radius 3 is 2.81 bits per heavy atom. The fourth-order valence-corrected chi connectivity index (χ4v) is 4.68. The molecule has 2 aromatic rings. The molecule has 1 fully saturated rings. The van der Waals surface area contributed by atoms with E-state index >= 15 is 0 Å². The molecule has 3 rings (SSSR count). The molecule has 1 heterocycles. The minimum Gasteiger partial charge on any atom is -0.338 e. The van der Waals surface area contributed by atoms with Crippen LogP contribution in [0.3, 0.4) is 0 Å². The Balaban J connectivity index is 1.67. The fraction of sp³-hybridized carbons (Fsp3) is 0.435. The number of amides is 1. The third kappa shape index (κ3) is 5.14. The second-order valence-electron chi connectivity index (χ2n) is 7.77. The van der Waals surface area contributed by atoms with Crippen LogP contribution in [-0.4, -0.2) is 29.9 Å². The molecule has 2 aromatic carbocycles. The average molecular weight is 383 g/mol. The highest BCUT2D eigenvalue weighted by Gasteiger charge is 2.26. The van der Waals surface area contributed by atoms with E-state index in [2.05, 4.69) is 38.1 Å². The standard InChI is InChI=1S/C23H30N2OS/c1-16-9-10-22(17(2)12-16)27-15-19-6-4-7-20(13-19)23(26)25-11-5-8-21(14-25)18(3)24/h4,6-7,9-10,12-13,18,21H,5,8,11,14-15,24H2,1-3H3. The number of nitrogens with two attached hydrogens (primary N) is 1. The molecule has 1 saturated heterocycles. The highest BCUT2D eigenvalue weighted by molar-refractivity contribution is 7.98. The molecule has 0 bridgehead atoms. The molecule has 2 unspecified atom stereocenters. The fourth-order valence-electron chi connectivity index (χ4n) is 3.72. The Bertz CT molecular complexity index is 803. The van der Waals surface area contributed by atoms with Gasteiger partial charge < -0.3 is 10.6 Å². The number of nitrogens with zero attached hydrogens (tertiary/aromatic N) is 1. The molecule has 144 valence electrons. The number of carbonyl (C=O) groups excluding carboxylic acids is 1. The van der Waals surface area contributed by atoms with Gasteiger partial charge in [-0.2, -0.15) is 0 Å². The molecule has 27 heavy (non-hydrogen) atoms. The van der Waals surface area contributed by atoms with Crippen LogP contribution in [0.25, 0.3) is 0 Å². The van der Waals surface area contributed by atoms with Crippen LogP contribution >= 0.6 is 11.8 Å². The number of hydrogen-bond acceptors (Lipinski definition) is 3. The second kappa shape index (κ2) is 8.94. The van der Waals surface area contributed by atoms with Crippen LogP contribution in [0, 0.1) is 19.8 Å². The number of hydrogen-bond donors (Lipinski definition) is 1. The van der Waals surface area contributed by atoms with E-state index in [1.165, 1.54) is 21.6 Å². The summed E-state index contributed by atoms with van der Waals surface area (Å²) in [7, 11) is 0. The first-order valence-electron chi connectivity index (χ1n) is 9.78. The molecule has 0 aliphatic carbocycles. The first-order chi connectivity index (χ1) is 12.9. The van der Waals surface area contributed by atoms with Gasteiger partial charge in [-0.3, -0.25) is 4.79 Å². The van der Waals surface area contributed by atoms with E-state index in [0.717, 1.165) is 37.2 Å². The normalized spacial score (nSPS) is 18.4. The van der Waals surface area contributed by atoms with E-state index in [9.17, 15) is 4.79 Å².